The zero-order valence-corrected chi connectivity index (χ0v) is 13.4. The number of halogens is 2. The molecule has 0 aliphatic rings. The third-order valence-electron chi connectivity index (χ3n) is 2.53. The van der Waals surface area contributed by atoms with Crippen molar-refractivity contribution in [3.05, 3.63) is 45.3 Å². The molecule has 21 heavy (non-hydrogen) atoms. The lowest BCUT2D eigenvalue weighted by Gasteiger charge is -2.09. The monoisotopic (exact) mass is 413 g/mol. The molecule has 0 aliphatic carbocycles. The molecule has 0 atom stereocenters. The molecule has 3 aromatic rings. The Kier molecular flexibility index (Phi) is 3.88. The molecule has 3 N–H and O–H groups in total. The van der Waals surface area contributed by atoms with Gasteiger partial charge in [-0.15, -0.1) is 0 Å². The van der Waals surface area contributed by atoms with E-state index in [1.54, 1.807) is 24.5 Å². The minimum atomic E-state index is 0.113. The largest absolute Gasteiger partial charge is 0.368 e. The zero-order chi connectivity index (χ0) is 14.8. The van der Waals surface area contributed by atoms with Crippen LogP contribution in [0.1, 0.15) is 0 Å². The van der Waals surface area contributed by atoms with Crippen LogP contribution in [-0.2, 0) is 0 Å². The van der Waals surface area contributed by atoms with Crippen LogP contribution in [-0.4, -0.2) is 24.7 Å². The van der Waals surface area contributed by atoms with Gasteiger partial charge in [-0.25, -0.2) is 4.68 Å². The highest BCUT2D eigenvalue weighted by atomic mass is 127. The van der Waals surface area contributed by atoms with Gasteiger partial charge in [0.2, 0.25) is 11.9 Å². The highest BCUT2D eigenvalue weighted by Crippen LogP contribution is 2.24. The van der Waals surface area contributed by atoms with E-state index < -0.39 is 0 Å². The lowest BCUT2D eigenvalue weighted by atomic mass is 10.3. The summed E-state index contributed by atoms with van der Waals surface area (Å²) < 4.78 is 2.45. The van der Waals surface area contributed by atoms with Crippen molar-refractivity contribution in [2.24, 2.45) is 0 Å². The standard InChI is InChI=1S/C12H9ClIN7/c13-7-2-3-9(8(14)6-7)17-11-18-10(15)19-12(20-11)21-5-1-4-16-21/h1-6H,(H3,15,17,18,19,20). The van der Waals surface area contributed by atoms with Gasteiger partial charge in [0.25, 0.3) is 5.95 Å². The Morgan fingerprint density at radius 3 is 2.81 bits per heavy atom. The maximum absolute atomic E-state index is 5.93. The first-order chi connectivity index (χ1) is 10.1. The van der Waals surface area contributed by atoms with Crippen LogP contribution in [0.5, 0.6) is 0 Å². The third-order valence-corrected chi connectivity index (χ3v) is 3.66. The Morgan fingerprint density at radius 2 is 2.10 bits per heavy atom. The number of hydrogen-bond acceptors (Lipinski definition) is 6. The Balaban J connectivity index is 1.95. The summed E-state index contributed by atoms with van der Waals surface area (Å²) in [7, 11) is 0. The van der Waals surface area contributed by atoms with Crippen LogP contribution in [0.3, 0.4) is 0 Å². The number of rotatable bonds is 3. The minimum absolute atomic E-state index is 0.113. The molecule has 1 aromatic carbocycles. The summed E-state index contributed by atoms with van der Waals surface area (Å²) >= 11 is 8.11. The van der Waals surface area contributed by atoms with E-state index >= 15 is 0 Å². The number of nitrogens with one attached hydrogen (secondary N) is 1. The number of nitrogen functional groups attached to an aromatic ring is 1. The molecule has 2 aromatic heterocycles. The number of benzene rings is 1. The second kappa shape index (κ2) is 5.82. The molecular formula is C12H9ClIN7. The second-order valence-electron chi connectivity index (χ2n) is 4.02. The predicted octanol–water partition coefficient (Wildman–Crippen LogP) is 2.64. The number of nitrogens with two attached hydrogens (primary N) is 1. The van der Waals surface area contributed by atoms with E-state index in [-0.39, 0.29) is 5.95 Å². The quantitative estimate of drug-likeness (QED) is 0.641. The summed E-state index contributed by atoms with van der Waals surface area (Å²) in [6.07, 6.45) is 3.36. The first-order valence-corrected chi connectivity index (χ1v) is 7.31. The molecule has 3 rings (SSSR count). The average molecular weight is 414 g/mol. The molecule has 9 heteroatoms. The molecule has 0 unspecified atom stereocenters. The Bertz CT molecular complexity index is 775. The molecule has 0 bridgehead atoms. The van der Waals surface area contributed by atoms with Gasteiger partial charge in [0.1, 0.15) is 0 Å². The molecule has 2 heterocycles. The van der Waals surface area contributed by atoms with Gasteiger partial charge in [-0.1, -0.05) is 11.6 Å². The summed E-state index contributed by atoms with van der Waals surface area (Å²) in [6.45, 7) is 0. The van der Waals surface area contributed by atoms with Crippen LogP contribution in [0.15, 0.2) is 36.7 Å². The molecule has 7 nitrogen and oxygen atoms in total. The fraction of sp³-hybridized carbons (Fsp3) is 0. The van der Waals surface area contributed by atoms with Crippen molar-refractivity contribution >= 4 is 51.8 Å². The molecule has 0 radical (unpaired) electrons. The summed E-state index contributed by atoms with van der Waals surface area (Å²) in [5.41, 5.74) is 6.55. The fourth-order valence-corrected chi connectivity index (χ4v) is 2.64. The van der Waals surface area contributed by atoms with E-state index in [0.717, 1.165) is 9.26 Å². The Labute approximate surface area is 138 Å². The highest BCUT2D eigenvalue weighted by molar-refractivity contribution is 14.1. The summed E-state index contributed by atoms with van der Waals surface area (Å²) in [6, 6.07) is 7.24. The van der Waals surface area contributed by atoms with Gasteiger partial charge in [-0.05, 0) is 46.9 Å². The number of hydrogen-bond donors (Lipinski definition) is 2. The van der Waals surface area contributed by atoms with Gasteiger partial charge >= 0.3 is 0 Å². The lowest BCUT2D eigenvalue weighted by Crippen LogP contribution is -2.09. The molecule has 0 saturated heterocycles. The van der Waals surface area contributed by atoms with Crippen molar-refractivity contribution in [1.29, 1.82) is 0 Å². The molecule has 0 aliphatic heterocycles. The second-order valence-corrected chi connectivity index (χ2v) is 5.62. The fourth-order valence-electron chi connectivity index (χ4n) is 1.64. The van der Waals surface area contributed by atoms with Crippen LogP contribution in [0.4, 0.5) is 17.6 Å². The number of aromatic nitrogens is 5. The van der Waals surface area contributed by atoms with Crippen LogP contribution in [0.2, 0.25) is 5.02 Å². The first kappa shape index (κ1) is 14.0. The maximum Gasteiger partial charge on any atom is 0.257 e. The van der Waals surface area contributed by atoms with Gasteiger partial charge in [0.15, 0.2) is 0 Å². The third kappa shape index (κ3) is 3.22. The zero-order valence-electron chi connectivity index (χ0n) is 10.5. The Hall–Kier alpha value is -1.94. The lowest BCUT2D eigenvalue weighted by molar-refractivity contribution is 0.801. The summed E-state index contributed by atoms with van der Waals surface area (Å²) in [5.74, 6) is 0.800. The Morgan fingerprint density at radius 1 is 1.24 bits per heavy atom. The maximum atomic E-state index is 5.93. The van der Waals surface area contributed by atoms with Crippen LogP contribution < -0.4 is 11.1 Å². The highest BCUT2D eigenvalue weighted by Gasteiger charge is 2.08. The first-order valence-electron chi connectivity index (χ1n) is 5.85. The molecule has 106 valence electrons. The van der Waals surface area contributed by atoms with E-state index in [1.807, 2.05) is 12.1 Å². The van der Waals surface area contributed by atoms with Crippen LogP contribution >= 0.6 is 34.2 Å². The minimum Gasteiger partial charge on any atom is -0.368 e. The van der Waals surface area contributed by atoms with Gasteiger partial charge in [-0.2, -0.15) is 20.1 Å². The number of anilines is 3. The van der Waals surface area contributed by atoms with Gasteiger partial charge in [0.05, 0.1) is 5.69 Å². The van der Waals surface area contributed by atoms with E-state index in [4.69, 9.17) is 17.3 Å². The predicted molar refractivity (Wildman–Crippen MR) is 88.8 cm³/mol. The molecule has 0 saturated carbocycles. The molecular weight excluding hydrogens is 405 g/mol. The topological polar surface area (TPSA) is 94.5 Å². The summed E-state index contributed by atoms with van der Waals surface area (Å²) in [4.78, 5) is 12.4. The SMILES string of the molecule is Nc1nc(Nc2ccc(Cl)cc2I)nc(-n2cccn2)n1. The van der Waals surface area contributed by atoms with Crippen molar-refractivity contribution < 1.29 is 0 Å². The van der Waals surface area contributed by atoms with Crippen molar-refractivity contribution in [2.75, 3.05) is 11.1 Å². The molecule has 0 spiro atoms. The van der Waals surface area contributed by atoms with Crippen molar-refractivity contribution in [3.63, 3.8) is 0 Å². The summed E-state index contributed by atoms with van der Waals surface area (Å²) in [5, 5.41) is 7.82. The van der Waals surface area contributed by atoms with Crippen LogP contribution in [0.25, 0.3) is 5.95 Å². The van der Waals surface area contributed by atoms with E-state index in [1.165, 1.54) is 4.68 Å². The normalized spacial score (nSPS) is 10.6. The average Bonchev–Trinajstić information content (AvgIpc) is 2.95. The van der Waals surface area contributed by atoms with Gasteiger partial charge < -0.3 is 11.1 Å². The van der Waals surface area contributed by atoms with Crippen molar-refractivity contribution in [1.82, 2.24) is 24.7 Å². The van der Waals surface area contributed by atoms with Crippen molar-refractivity contribution in [2.45, 2.75) is 0 Å². The van der Waals surface area contributed by atoms with Crippen LogP contribution in [0, 0.1) is 3.57 Å². The van der Waals surface area contributed by atoms with E-state index in [2.05, 4.69) is 48.0 Å². The number of nitrogens with zero attached hydrogens (tertiary/aromatic N) is 5. The van der Waals surface area contributed by atoms with E-state index in [0.29, 0.717) is 16.9 Å². The van der Waals surface area contributed by atoms with Gasteiger partial charge in [-0.3, -0.25) is 0 Å². The molecule has 0 amide bonds. The molecule has 0 fully saturated rings. The van der Waals surface area contributed by atoms with Crippen molar-refractivity contribution in [3.8, 4) is 5.95 Å². The van der Waals surface area contributed by atoms with E-state index in [9.17, 15) is 0 Å². The smallest absolute Gasteiger partial charge is 0.257 e. The van der Waals surface area contributed by atoms with Gasteiger partial charge in [0, 0.05) is 21.0 Å².